The Kier molecular flexibility index (Phi) is 24.7. The summed E-state index contributed by atoms with van der Waals surface area (Å²) < 4.78 is 0. The van der Waals surface area contributed by atoms with Crippen LogP contribution in [-0.4, -0.2) is 147 Å². The van der Waals surface area contributed by atoms with Gasteiger partial charge in [-0.05, 0) is 64.5 Å². The maximum atomic E-state index is 13.6. The zero-order chi connectivity index (χ0) is 43.7. The first kappa shape index (κ1) is 51.0. The minimum absolute atomic E-state index is 0.0423. The molecule has 0 aliphatic heterocycles. The van der Waals surface area contributed by atoms with Gasteiger partial charge in [-0.25, -0.2) is 0 Å². The highest BCUT2D eigenvalue weighted by molar-refractivity contribution is 5.98. The first-order valence-corrected chi connectivity index (χ1v) is 17.8. The fourth-order valence-corrected chi connectivity index (χ4v) is 4.92. The molecule has 25 heteroatoms. The SMILES string of the molecule is NCCCC[C@H](NC(=O)[C@H](CC(=O)O)NC(=O)[C@H](CCCCN)NC(=O)[C@H](CCC(=O)O)NC(=O)[C@H](CCC(=O)O)NC(=O)[C@@H](N)CC(=O)O)C(=O)NCC(=O)O. The fraction of sp³-hybridized carbons (Fsp3) is 0.656. The van der Waals surface area contributed by atoms with Crippen LogP contribution in [0.15, 0.2) is 0 Å². The molecule has 0 saturated heterocycles. The van der Waals surface area contributed by atoms with Crippen molar-refractivity contribution in [1.82, 2.24) is 31.9 Å². The number of hydrogen-bond acceptors (Lipinski definition) is 14. The number of hydrogen-bond donors (Lipinski definition) is 14. The number of rotatable bonds is 31. The van der Waals surface area contributed by atoms with Gasteiger partial charge in [0.25, 0.3) is 0 Å². The number of nitrogens with one attached hydrogen (secondary N) is 6. The highest BCUT2D eigenvalue weighted by atomic mass is 16.4. The Morgan fingerprint density at radius 3 is 1.12 bits per heavy atom. The molecule has 0 aromatic carbocycles. The van der Waals surface area contributed by atoms with Gasteiger partial charge in [0.05, 0.1) is 18.9 Å². The molecule has 322 valence electrons. The number of unbranched alkanes of at least 4 members (excludes halogenated alkanes) is 2. The van der Waals surface area contributed by atoms with E-state index in [-0.39, 0.29) is 38.8 Å². The largest absolute Gasteiger partial charge is 0.481 e. The van der Waals surface area contributed by atoms with Gasteiger partial charge in [0.2, 0.25) is 35.4 Å². The highest BCUT2D eigenvalue weighted by Gasteiger charge is 2.34. The predicted molar refractivity (Wildman–Crippen MR) is 192 cm³/mol. The van der Waals surface area contributed by atoms with Crippen LogP contribution >= 0.6 is 0 Å². The van der Waals surface area contributed by atoms with Crippen molar-refractivity contribution in [2.45, 2.75) is 113 Å². The Bertz CT molecular complexity index is 1450. The molecule has 0 rings (SSSR count). The van der Waals surface area contributed by atoms with Crippen LogP contribution in [0.5, 0.6) is 0 Å². The molecule has 0 aliphatic rings. The monoisotopic (exact) mass is 819 g/mol. The Morgan fingerprint density at radius 2 is 0.754 bits per heavy atom. The van der Waals surface area contributed by atoms with Crippen molar-refractivity contribution in [3.8, 4) is 0 Å². The third kappa shape index (κ3) is 22.9. The van der Waals surface area contributed by atoms with Crippen LogP contribution in [0.3, 0.4) is 0 Å². The molecule has 0 unspecified atom stereocenters. The van der Waals surface area contributed by atoms with Gasteiger partial charge in [0, 0.05) is 12.8 Å². The highest BCUT2D eigenvalue weighted by Crippen LogP contribution is 2.09. The molecule has 0 bridgehead atoms. The number of carbonyl (C=O) groups excluding carboxylic acids is 6. The fourth-order valence-electron chi connectivity index (χ4n) is 4.92. The minimum Gasteiger partial charge on any atom is -0.481 e. The van der Waals surface area contributed by atoms with Gasteiger partial charge in [0.15, 0.2) is 0 Å². The van der Waals surface area contributed by atoms with E-state index in [1.165, 1.54) is 0 Å². The van der Waals surface area contributed by atoms with Crippen molar-refractivity contribution >= 4 is 65.3 Å². The van der Waals surface area contributed by atoms with E-state index in [0.717, 1.165) is 0 Å². The molecule has 0 spiro atoms. The molecule has 0 fully saturated rings. The minimum atomic E-state index is -1.86. The molecule has 0 radical (unpaired) electrons. The molecule has 0 aliphatic carbocycles. The Hall–Kier alpha value is -5.95. The summed E-state index contributed by atoms with van der Waals surface area (Å²) in [6.07, 6.45) is -3.55. The maximum Gasteiger partial charge on any atom is 0.322 e. The smallest absolute Gasteiger partial charge is 0.322 e. The molecule has 0 heterocycles. The lowest BCUT2D eigenvalue weighted by atomic mass is 10.0. The summed E-state index contributed by atoms with van der Waals surface area (Å²) in [5.41, 5.74) is 16.6. The number of carboxylic acids is 5. The lowest BCUT2D eigenvalue weighted by Crippen LogP contribution is -2.59. The number of amides is 6. The second-order valence-corrected chi connectivity index (χ2v) is 12.7. The summed E-state index contributed by atoms with van der Waals surface area (Å²) in [5.74, 6) is -14.0. The standard InChI is InChI=1S/C32H53N9O16/c33-11-3-1-5-17(28(53)36-15-26(50)51)38-32(57)21(14-25(48)49)41-29(54)18(6-2-4-12-34)39-31(56)20(8-10-23(44)45)40-30(55)19(7-9-22(42)43)37-27(52)16(35)13-24(46)47/h16-21H,1-15,33-35H2,(H,36,53)(H,37,52)(H,38,57)(H,39,56)(H,40,55)(H,41,54)(H,42,43)(H,44,45)(H,46,47)(H,48,49)(H,50,51)/t16-,17-,18-,19-,20-,21-/m0/s1. The molecule has 57 heavy (non-hydrogen) atoms. The van der Waals surface area contributed by atoms with E-state index in [1.807, 2.05) is 0 Å². The zero-order valence-corrected chi connectivity index (χ0v) is 31.0. The van der Waals surface area contributed by atoms with Gasteiger partial charge >= 0.3 is 29.8 Å². The average Bonchev–Trinajstić information content (AvgIpc) is 3.11. The zero-order valence-electron chi connectivity index (χ0n) is 31.0. The Labute approximate surface area is 325 Å². The van der Waals surface area contributed by atoms with E-state index in [0.29, 0.717) is 12.8 Å². The second kappa shape index (κ2) is 27.6. The lowest BCUT2D eigenvalue weighted by Gasteiger charge is -2.27. The first-order chi connectivity index (χ1) is 26.7. The third-order valence-corrected chi connectivity index (χ3v) is 7.88. The number of carbonyl (C=O) groups is 11. The quantitative estimate of drug-likeness (QED) is 0.0291. The van der Waals surface area contributed by atoms with Crippen LogP contribution < -0.4 is 49.1 Å². The molecule has 25 nitrogen and oxygen atoms in total. The number of nitrogens with two attached hydrogens (primary N) is 3. The predicted octanol–water partition coefficient (Wildman–Crippen LogP) is -5.12. The van der Waals surface area contributed by atoms with Crippen molar-refractivity contribution in [1.29, 1.82) is 0 Å². The van der Waals surface area contributed by atoms with E-state index in [2.05, 4.69) is 31.9 Å². The van der Waals surface area contributed by atoms with E-state index in [1.54, 1.807) is 0 Å². The van der Waals surface area contributed by atoms with E-state index in [4.69, 9.17) is 32.5 Å². The van der Waals surface area contributed by atoms with Gasteiger partial charge in [0.1, 0.15) is 36.8 Å². The van der Waals surface area contributed by atoms with Crippen molar-refractivity contribution in [3.05, 3.63) is 0 Å². The van der Waals surface area contributed by atoms with Gasteiger partial charge in [-0.2, -0.15) is 0 Å². The van der Waals surface area contributed by atoms with E-state index >= 15 is 0 Å². The Morgan fingerprint density at radius 1 is 0.404 bits per heavy atom. The van der Waals surface area contributed by atoms with Crippen LogP contribution in [0.4, 0.5) is 0 Å². The summed E-state index contributed by atoms with van der Waals surface area (Å²) >= 11 is 0. The molecular weight excluding hydrogens is 766 g/mol. The third-order valence-electron chi connectivity index (χ3n) is 7.88. The molecular formula is C32H53N9O16. The van der Waals surface area contributed by atoms with Crippen LogP contribution in [0.1, 0.15) is 77.0 Å². The normalized spacial score (nSPS) is 13.9. The molecule has 6 amide bonds. The Balaban J connectivity index is 6.42. The maximum absolute atomic E-state index is 13.6. The van der Waals surface area contributed by atoms with E-state index in [9.17, 15) is 63.0 Å². The summed E-state index contributed by atoms with van der Waals surface area (Å²) in [6.45, 7) is -0.439. The second-order valence-electron chi connectivity index (χ2n) is 12.7. The van der Waals surface area contributed by atoms with Crippen molar-refractivity contribution in [3.63, 3.8) is 0 Å². The number of carboxylic acid groups (broad SMARTS) is 5. The van der Waals surface area contributed by atoms with Gasteiger partial charge in [-0.15, -0.1) is 0 Å². The summed E-state index contributed by atoms with van der Waals surface area (Å²) in [5, 5.41) is 59.0. The van der Waals surface area contributed by atoms with Crippen LogP contribution in [0.2, 0.25) is 0 Å². The topological polar surface area (TPSA) is 439 Å². The molecule has 6 atom stereocenters. The van der Waals surface area contributed by atoms with Gasteiger partial charge in [-0.3, -0.25) is 52.7 Å². The van der Waals surface area contributed by atoms with Crippen LogP contribution in [0.25, 0.3) is 0 Å². The summed E-state index contributed by atoms with van der Waals surface area (Å²) in [6, 6.07) is -9.93. The van der Waals surface area contributed by atoms with Crippen LogP contribution in [-0.2, 0) is 52.7 Å². The van der Waals surface area contributed by atoms with Gasteiger partial charge in [-0.1, -0.05) is 0 Å². The first-order valence-electron chi connectivity index (χ1n) is 17.8. The molecule has 0 saturated carbocycles. The molecule has 17 N–H and O–H groups in total. The van der Waals surface area contributed by atoms with E-state index < -0.39 is 147 Å². The summed E-state index contributed by atoms with van der Waals surface area (Å²) in [4.78, 5) is 135. The summed E-state index contributed by atoms with van der Waals surface area (Å²) in [7, 11) is 0. The van der Waals surface area contributed by atoms with Crippen molar-refractivity contribution < 1.29 is 78.3 Å². The average molecular weight is 820 g/mol. The number of aliphatic carboxylic acids is 5. The molecule has 0 aromatic heterocycles. The molecule has 0 aromatic rings. The van der Waals surface area contributed by atoms with Crippen molar-refractivity contribution in [2.75, 3.05) is 19.6 Å². The van der Waals surface area contributed by atoms with Gasteiger partial charge < -0.3 is 74.6 Å². The van der Waals surface area contributed by atoms with Crippen molar-refractivity contribution in [2.24, 2.45) is 17.2 Å². The lowest BCUT2D eigenvalue weighted by molar-refractivity contribution is -0.142. The van der Waals surface area contributed by atoms with Crippen LogP contribution in [0, 0.1) is 0 Å².